The third kappa shape index (κ3) is 3.41. The van der Waals surface area contributed by atoms with Crippen LogP contribution in [-0.2, 0) is 6.42 Å². The highest BCUT2D eigenvalue weighted by Gasteiger charge is 2.55. The van der Waals surface area contributed by atoms with Gasteiger partial charge < -0.3 is 0 Å². The Morgan fingerprint density at radius 1 is 0.929 bits per heavy atom. The lowest BCUT2D eigenvalue weighted by Crippen LogP contribution is -2.37. The van der Waals surface area contributed by atoms with Crippen LogP contribution in [0.25, 0.3) is 22.0 Å². The average Bonchev–Trinajstić information content (AvgIpc) is 3.10. The van der Waals surface area contributed by atoms with Gasteiger partial charge in [0.2, 0.25) is 0 Å². The number of hydrogen-bond donors (Lipinski definition) is 0. The summed E-state index contributed by atoms with van der Waals surface area (Å²) in [5.74, 6) is 0. The van der Waals surface area contributed by atoms with Crippen molar-refractivity contribution in [3.8, 4) is 11.3 Å². The second-order valence-corrected chi connectivity index (χ2v) is 8.25. The molecule has 0 unspecified atom stereocenters. The van der Waals surface area contributed by atoms with Crippen molar-refractivity contribution >= 4 is 10.8 Å². The van der Waals surface area contributed by atoms with Crippen molar-refractivity contribution in [1.29, 1.82) is 0 Å². The second kappa shape index (κ2) is 6.91. The molecule has 0 N–H and O–H groups in total. The van der Waals surface area contributed by atoms with Crippen molar-refractivity contribution < 1.29 is 13.2 Å². The minimum atomic E-state index is -4.15. The molecule has 1 fully saturated rings. The molecule has 1 saturated carbocycles. The first kappa shape index (κ1) is 19.0. The lowest BCUT2D eigenvalue weighted by Gasteiger charge is -2.31. The van der Waals surface area contributed by atoms with E-state index in [1.54, 1.807) is 6.20 Å². The van der Waals surface area contributed by atoms with Crippen LogP contribution in [0, 0.1) is 19.3 Å². The predicted molar refractivity (Wildman–Crippen MR) is 107 cm³/mol. The highest BCUT2D eigenvalue weighted by Crippen LogP contribution is 2.52. The van der Waals surface area contributed by atoms with Gasteiger partial charge in [-0.3, -0.25) is 4.98 Å². The number of hydrogen-bond acceptors (Lipinski definition) is 1. The Morgan fingerprint density at radius 2 is 1.61 bits per heavy atom. The Labute approximate surface area is 163 Å². The van der Waals surface area contributed by atoms with Crippen LogP contribution in [0.15, 0.2) is 48.7 Å². The van der Waals surface area contributed by atoms with Gasteiger partial charge in [0.25, 0.3) is 0 Å². The molecule has 1 aromatic heterocycles. The summed E-state index contributed by atoms with van der Waals surface area (Å²) in [6.45, 7) is 4.11. The summed E-state index contributed by atoms with van der Waals surface area (Å²) >= 11 is 0. The van der Waals surface area contributed by atoms with Crippen LogP contribution in [0.3, 0.4) is 0 Å². The molecule has 1 aliphatic rings. The highest BCUT2D eigenvalue weighted by atomic mass is 19.4. The Hall–Kier alpha value is -2.36. The van der Waals surface area contributed by atoms with Gasteiger partial charge in [0.1, 0.15) is 0 Å². The van der Waals surface area contributed by atoms with Crippen LogP contribution in [0.2, 0.25) is 0 Å². The zero-order chi connectivity index (χ0) is 19.9. The first-order chi connectivity index (χ1) is 13.3. The van der Waals surface area contributed by atoms with Crippen LogP contribution in [0.4, 0.5) is 13.2 Å². The molecule has 0 amide bonds. The van der Waals surface area contributed by atoms with Gasteiger partial charge in [-0.15, -0.1) is 0 Å². The van der Waals surface area contributed by atoms with Gasteiger partial charge >= 0.3 is 6.18 Å². The molecule has 1 nitrogen and oxygen atoms in total. The quantitative estimate of drug-likeness (QED) is 0.467. The third-order valence-electron chi connectivity index (χ3n) is 6.03. The Balaban J connectivity index is 1.75. The average molecular weight is 383 g/mol. The van der Waals surface area contributed by atoms with Crippen LogP contribution >= 0.6 is 0 Å². The SMILES string of the molecule is Cc1cc(C)cc(-c2nccc3cc(CC4(C(F)(F)F)CCCC4)ccc23)c1. The standard InChI is InChI=1S/C24H24F3N/c1-16-11-17(2)13-20(12-16)22-21-6-5-18(14-19(21)7-10-28-22)15-23(24(25,26)27)8-3-4-9-23/h5-7,10-14H,3-4,8-9,15H2,1-2H3. The van der Waals surface area contributed by atoms with E-state index in [1.165, 1.54) is 11.1 Å². The van der Waals surface area contributed by atoms with E-state index in [9.17, 15) is 13.2 Å². The Kier molecular flexibility index (Phi) is 4.68. The molecule has 0 spiro atoms. The topological polar surface area (TPSA) is 12.9 Å². The third-order valence-corrected chi connectivity index (χ3v) is 6.03. The first-order valence-corrected chi connectivity index (χ1v) is 9.81. The summed E-state index contributed by atoms with van der Waals surface area (Å²) in [5, 5.41) is 1.92. The van der Waals surface area contributed by atoms with Gasteiger partial charge in [-0.25, -0.2) is 0 Å². The molecular formula is C24H24F3N. The van der Waals surface area contributed by atoms with E-state index < -0.39 is 11.6 Å². The smallest absolute Gasteiger partial charge is 0.256 e. The predicted octanol–water partition coefficient (Wildman–Crippen LogP) is 7.18. The van der Waals surface area contributed by atoms with Gasteiger partial charge in [-0.1, -0.05) is 48.2 Å². The molecule has 1 aliphatic carbocycles. The van der Waals surface area contributed by atoms with E-state index in [0.717, 1.165) is 27.6 Å². The van der Waals surface area contributed by atoms with Crippen LogP contribution in [0.1, 0.15) is 42.4 Å². The zero-order valence-electron chi connectivity index (χ0n) is 16.2. The van der Waals surface area contributed by atoms with E-state index in [1.807, 2.05) is 24.3 Å². The minimum Gasteiger partial charge on any atom is -0.256 e. The largest absolute Gasteiger partial charge is 0.394 e. The van der Waals surface area contributed by atoms with Crippen molar-refractivity contribution in [3.05, 3.63) is 65.4 Å². The molecular weight excluding hydrogens is 359 g/mol. The highest BCUT2D eigenvalue weighted by molar-refractivity contribution is 5.95. The molecule has 0 atom stereocenters. The molecule has 1 heterocycles. The second-order valence-electron chi connectivity index (χ2n) is 8.25. The summed E-state index contributed by atoms with van der Waals surface area (Å²) in [6, 6.07) is 13.9. The lowest BCUT2D eigenvalue weighted by atomic mass is 9.79. The Morgan fingerprint density at radius 3 is 2.25 bits per heavy atom. The van der Waals surface area contributed by atoms with Crippen molar-refractivity contribution in [3.63, 3.8) is 0 Å². The molecule has 2 aromatic carbocycles. The number of aryl methyl sites for hydroxylation is 2. The van der Waals surface area contributed by atoms with Gasteiger partial charge in [-0.05, 0) is 62.3 Å². The van der Waals surface area contributed by atoms with Gasteiger partial charge in [0, 0.05) is 17.1 Å². The maximum absolute atomic E-state index is 13.8. The van der Waals surface area contributed by atoms with Gasteiger partial charge in [-0.2, -0.15) is 13.2 Å². The molecule has 4 rings (SSSR count). The molecule has 146 valence electrons. The number of benzene rings is 2. The molecule has 0 aliphatic heterocycles. The minimum absolute atomic E-state index is 0.0631. The fourth-order valence-electron chi connectivity index (χ4n) is 4.68. The Bertz CT molecular complexity index is 994. The summed E-state index contributed by atoms with van der Waals surface area (Å²) < 4.78 is 41.3. The van der Waals surface area contributed by atoms with E-state index in [-0.39, 0.29) is 19.3 Å². The van der Waals surface area contributed by atoms with Crippen molar-refractivity contribution in [2.45, 2.75) is 52.1 Å². The normalized spacial score (nSPS) is 16.6. The number of pyridine rings is 1. The molecule has 4 heteroatoms. The monoisotopic (exact) mass is 383 g/mol. The number of nitrogens with zero attached hydrogens (tertiary/aromatic N) is 1. The molecule has 3 aromatic rings. The summed E-state index contributed by atoms with van der Waals surface area (Å²) in [4.78, 5) is 4.57. The summed E-state index contributed by atoms with van der Waals surface area (Å²) in [6.07, 6.45) is -0.554. The molecule has 0 radical (unpaired) electrons. The molecule has 0 bridgehead atoms. The number of alkyl halides is 3. The van der Waals surface area contributed by atoms with E-state index in [0.29, 0.717) is 12.8 Å². The molecule has 0 saturated heterocycles. The number of halogens is 3. The first-order valence-electron chi connectivity index (χ1n) is 9.81. The number of fused-ring (bicyclic) bond motifs is 1. The zero-order valence-corrected chi connectivity index (χ0v) is 16.2. The summed E-state index contributed by atoms with van der Waals surface area (Å²) in [5.41, 5.74) is 3.44. The summed E-state index contributed by atoms with van der Waals surface area (Å²) in [7, 11) is 0. The maximum atomic E-state index is 13.8. The number of aromatic nitrogens is 1. The van der Waals surface area contributed by atoms with E-state index >= 15 is 0 Å². The van der Waals surface area contributed by atoms with Gasteiger partial charge in [0.05, 0.1) is 11.1 Å². The maximum Gasteiger partial charge on any atom is 0.394 e. The van der Waals surface area contributed by atoms with Crippen LogP contribution < -0.4 is 0 Å². The molecule has 28 heavy (non-hydrogen) atoms. The lowest BCUT2D eigenvalue weighted by molar-refractivity contribution is -0.222. The van der Waals surface area contributed by atoms with E-state index in [4.69, 9.17) is 0 Å². The van der Waals surface area contributed by atoms with E-state index in [2.05, 4.69) is 37.0 Å². The fourth-order valence-corrected chi connectivity index (χ4v) is 4.68. The van der Waals surface area contributed by atoms with Gasteiger partial charge in [0.15, 0.2) is 0 Å². The van der Waals surface area contributed by atoms with Crippen molar-refractivity contribution in [1.82, 2.24) is 4.98 Å². The van der Waals surface area contributed by atoms with Crippen LogP contribution in [0.5, 0.6) is 0 Å². The van der Waals surface area contributed by atoms with Crippen molar-refractivity contribution in [2.75, 3.05) is 0 Å². The van der Waals surface area contributed by atoms with Crippen molar-refractivity contribution in [2.24, 2.45) is 5.41 Å². The van der Waals surface area contributed by atoms with Crippen LogP contribution in [-0.4, -0.2) is 11.2 Å². The fraction of sp³-hybridized carbons (Fsp3) is 0.375. The number of rotatable bonds is 3.